The van der Waals surface area contributed by atoms with Crippen LogP contribution in [-0.2, 0) is 15.9 Å². The van der Waals surface area contributed by atoms with Crippen molar-refractivity contribution in [1.82, 2.24) is 4.98 Å². The van der Waals surface area contributed by atoms with E-state index in [1.54, 1.807) is 0 Å². The van der Waals surface area contributed by atoms with Gasteiger partial charge in [0, 0.05) is 37.9 Å². The number of carbonyl (C=O) groups excluding carboxylic acids is 1. The highest BCUT2D eigenvalue weighted by molar-refractivity contribution is 5.95. The Kier molecular flexibility index (Phi) is 3.85. The van der Waals surface area contributed by atoms with Crippen molar-refractivity contribution >= 4 is 11.8 Å². The van der Waals surface area contributed by atoms with Crippen LogP contribution in [0.5, 0.6) is 0 Å². The summed E-state index contributed by atoms with van der Waals surface area (Å²) >= 11 is 0. The zero-order valence-corrected chi connectivity index (χ0v) is 12.7. The summed E-state index contributed by atoms with van der Waals surface area (Å²) in [5.41, 5.74) is 2.00. The molecule has 3 rings (SSSR count). The standard InChI is InChI=1S/C16H22N2O3/c1-3-12-8-13(15(19)20-2)14(17-9-12)18-10-16(11-18)4-6-21-7-5-16/h8-9H,3-7,10-11H2,1-2H3. The van der Waals surface area contributed by atoms with Gasteiger partial charge in [-0.1, -0.05) is 6.92 Å². The van der Waals surface area contributed by atoms with Crippen LogP contribution in [0.3, 0.4) is 0 Å². The van der Waals surface area contributed by atoms with E-state index in [-0.39, 0.29) is 5.97 Å². The number of hydrogen-bond acceptors (Lipinski definition) is 5. The highest BCUT2D eigenvalue weighted by Gasteiger charge is 2.45. The van der Waals surface area contributed by atoms with Gasteiger partial charge >= 0.3 is 5.97 Å². The van der Waals surface area contributed by atoms with Crippen LogP contribution in [0.25, 0.3) is 0 Å². The molecule has 0 aliphatic carbocycles. The summed E-state index contributed by atoms with van der Waals surface area (Å²) in [6.07, 6.45) is 4.92. The summed E-state index contributed by atoms with van der Waals surface area (Å²) in [6, 6.07) is 1.91. The molecule has 0 saturated carbocycles. The third-order valence-corrected chi connectivity index (χ3v) is 4.64. The fraction of sp³-hybridized carbons (Fsp3) is 0.625. The molecule has 2 aliphatic heterocycles. The van der Waals surface area contributed by atoms with E-state index in [0.29, 0.717) is 11.0 Å². The molecule has 1 aromatic heterocycles. The van der Waals surface area contributed by atoms with Gasteiger partial charge in [0.15, 0.2) is 0 Å². The number of hydrogen-bond donors (Lipinski definition) is 0. The maximum absolute atomic E-state index is 12.0. The number of aryl methyl sites for hydroxylation is 1. The Bertz CT molecular complexity index is 530. The molecule has 5 nitrogen and oxygen atoms in total. The minimum absolute atomic E-state index is 0.305. The van der Waals surface area contributed by atoms with E-state index >= 15 is 0 Å². The average molecular weight is 290 g/mol. The first-order chi connectivity index (χ1) is 10.2. The van der Waals surface area contributed by atoms with Crippen molar-refractivity contribution in [2.45, 2.75) is 26.2 Å². The van der Waals surface area contributed by atoms with Crippen molar-refractivity contribution < 1.29 is 14.3 Å². The van der Waals surface area contributed by atoms with Crippen molar-refractivity contribution in [3.63, 3.8) is 0 Å². The first-order valence-electron chi connectivity index (χ1n) is 7.57. The minimum atomic E-state index is -0.305. The molecule has 21 heavy (non-hydrogen) atoms. The SMILES string of the molecule is CCc1cnc(N2CC3(CCOCC3)C2)c(C(=O)OC)c1. The van der Waals surface area contributed by atoms with E-state index in [1.165, 1.54) is 7.11 Å². The largest absolute Gasteiger partial charge is 0.465 e. The Morgan fingerprint density at radius 2 is 2.14 bits per heavy atom. The molecule has 1 spiro atoms. The summed E-state index contributed by atoms with van der Waals surface area (Å²) in [5, 5.41) is 0. The van der Waals surface area contributed by atoms with E-state index in [0.717, 1.165) is 56.9 Å². The zero-order chi connectivity index (χ0) is 14.9. The van der Waals surface area contributed by atoms with Crippen molar-refractivity contribution in [2.75, 3.05) is 38.3 Å². The molecule has 0 aromatic carbocycles. The summed E-state index contributed by atoms with van der Waals surface area (Å²) in [4.78, 5) is 18.7. The summed E-state index contributed by atoms with van der Waals surface area (Å²) < 4.78 is 10.3. The van der Waals surface area contributed by atoms with Crippen LogP contribution in [0.4, 0.5) is 5.82 Å². The molecule has 0 radical (unpaired) electrons. The molecule has 0 amide bonds. The van der Waals surface area contributed by atoms with Crippen LogP contribution in [0.1, 0.15) is 35.7 Å². The van der Waals surface area contributed by atoms with E-state index in [1.807, 2.05) is 12.3 Å². The number of esters is 1. The van der Waals surface area contributed by atoms with Gasteiger partial charge in [0.25, 0.3) is 0 Å². The van der Waals surface area contributed by atoms with Gasteiger partial charge in [-0.3, -0.25) is 0 Å². The van der Waals surface area contributed by atoms with Crippen molar-refractivity contribution in [2.24, 2.45) is 5.41 Å². The smallest absolute Gasteiger partial charge is 0.341 e. The summed E-state index contributed by atoms with van der Waals surface area (Å²) in [7, 11) is 1.42. The fourth-order valence-electron chi connectivity index (χ4n) is 3.24. The van der Waals surface area contributed by atoms with E-state index in [2.05, 4.69) is 16.8 Å². The lowest BCUT2D eigenvalue weighted by atomic mass is 9.73. The van der Waals surface area contributed by atoms with Gasteiger partial charge in [-0.2, -0.15) is 0 Å². The lowest BCUT2D eigenvalue weighted by molar-refractivity contribution is -0.000588. The van der Waals surface area contributed by atoms with Crippen LogP contribution < -0.4 is 4.90 Å². The molecule has 0 atom stereocenters. The topological polar surface area (TPSA) is 51.7 Å². The Morgan fingerprint density at radius 3 is 2.76 bits per heavy atom. The number of ether oxygens (including phenoxy) is 2. The van der Waals surface area contributed by atoms with Gasteiger partial charge in [-0.25, -0.2) is 9.78 Å². The summed E-state index contributed by atoms with van der Waals surface area (Å²) in [5.74, 6) is 0.455. The second-order valence-corrected chi connectivity index (χ2v) is 6.03. The molecule has 3 heterocycles. The number of nitrogens with zero attached hydrogens (tertiary/aromatic N) is 2. The van der Waals surface area contributed by atoms with Crippen LogP contribution in [0, 0.1) is 5.41 Å². The molecule has 1 aromatic rings. The number of carbonyl (C=O) groups is 1. The normalized spacial score (nSPS) is 20.2. The first kappa shape index (κ1) is 14.3. The zero-order valence-electron chi connectivity index (χ0n) is 12.7. The molecule has 2 saturated heterocycles. The van der Waals surface area contributed by atoms with Crippen molar-refractivity contribution in [1.29, 1.82) is 0 Å². The van der Waals surface area contributed by atoms with Gasteiger partial charge in [0.2, 0.25) is 0 Å². The Morgan fingerprint density at radius 1 is 1.43 bits per heavy atom. The van der Waals surface area contributed by atoms with Crippen LogP contribution in [-0.4, -0.2) is 44.4 Å². The molecule has 2 aliphatic rings. The van der Waals surface area contributed by atoms with Crippen LogP contribution in [0.15, 0.2) is 12.3 Å². The quantitative estimate of drug-likeness (QED) is 0.797. The molecular formula is C16H22N2O3. The highest BCUT2D eigenvalue weighted by atomic mass is 16.5. The van der Waals surface area contributed by atoms with E-state index in [9.17, 15) is 4.79 Å². The maximum Gasteiger partial charge on any atom is 0.341 e. The van der Waals surface area contributed by atoms with Gasteiger partial charge in [-0.15, -0.1) is 0 Å². The maximum atomic E-state index is 12.0. The van der Waals surface area contributed by atoms with Gasteiger partial charge < -0.3 is 14.4 Å². The van der Waals surface area contributed by atoms with Crippen molar-refractivity contribution in [3.8, 4) is 0 Å². The average Bonchev–Trinajstić information content (AvgIpc) is 2.52. The monoisotopic (exact) mass is 290 g/mol. The fourth-order valence-corrected chi connectivity index (χ4v) is 3.24. The van der Waals surface area contributed by atoms with Gasteiger partial charge in [-0.05, 0) is 30.9 Å². The number of pyridine rings is 1. The highest BCUT2D eigenvalue weighted by Crippen LogP contribution is 2.42. The van der Waals surface area contributed by atoms with E-state index in [4.69, 9.17) is 9.47 Å². The Balaban J connectivity index is 1.81. The van der Waals surface area contributed by atoms with Crippen LogP contribution in [0.2, 0.25) is 0 Å². The minimum Gasteiger partial charge on any atom is -0.465 e. The number of anilines is 1. The molecule has 114 valence electrons. The Labute approximate surface area is 125 Å². The number of aromatic nitrogens is 1. The summed E-state index contributed by atoms with van der Waals surface area (Å²) in [6.45, 7) is 5.66. The van der Waals surface area contributed by atoms with Crippen LogP contribution >= 0.6 is 0 Å². The second kappa shape index (κ2) is 5.64. The van der Waals surface area contributed by atoms with Crippen molar-refractivity contribution in [3.05, 3.63) is 23.4 Å². The molecular weight excluding hydrogens is 268 g/mol. The molecule has 0 N–H and O–H groups in total. The molecule has 0 unspecified atom stereocenters. The van der Waals surface area contributed by atoms with E-state index < -0.39 is 0 Å². The predicted octanol–water partition coefficient (Wildman–Crippen LogP) is 2.05. The molecule has 5 heteroatoms. The van der Waals surface area contributed by atoms with Gasteiger partial charge in [0.05, 0.1) is 7.11 Å². The first-order valence-corrected chi connectivity index (χ1v) is 7.57. The Hall–Kier alpha value is -1.62. The predicted molar refractivity (Wildman–Crippen MR) is 79.7 cm³/mol. The lowest BCUT2D eigenvalue weighted by Gasteiger charge is -2.53. The third kappa shape index (κ3) is 2.62. The number of methoxy groups -OCH3 is 1. The van der Waals surface area contributed by atoms with Gasteiger partial charge in [0.1, 0.15) is 11.4 Å². The number of rotatable bonds is 3. The molecule has 0 bridgehead atoms. The molecule has 2 fully saturated rings. The third-order valence-electron chi connectivity index (χ3n) is 4.64. The second-order valence-electron chi connectivity index (χ2n) is 6.03. The lowest BCUT2D eigenvalue weighted by Crippen LogP contribution is -2.59.